The van der Waals surface area contributed by atoms with Crippen LogP contribution in [0.25, 0.3) is 0 Å². The molecule has 0 saturated carbocycles. The Labute approximate surface area is 165 Å². The van der Waals surface area contributed by atoms with Gasteiger partial charge in [-0.25, -0.2) is 0 Å². The summed E-state index contributed by atoms with van der Waals surface area (Å²) in [4.78, 5) is 14.7. The van der Waals surface area contributed by atoms with Crippen molar-refractivity contribution in [2.75, 3.05) is 19.7 Å². The number of hydrogen-bond acceptors (Lipinski definition) is 3. The van der Waals surface area contributed by atoms with Crippen LogP contribution < -0.4 is 10.5 Å². The minimum absolute atomic E-state index is 0.0320. The molecule has 2 aliphatic heterocycles. The third-order valence-corrected chi connectivity index (χ3v) is 6.18. The number of benzene rings is 2. The average Bonchev–Trinajstić information content (AvgIpc) is 3.04. The molecule has 0 aliphatic carbocycles. The molecule has 0 aromatic heterocycles. The quantitative estimate of drug-likeness (QED) is 0.874. The van der Waals surface area contributed by atoms with E-state index in [1.165, 1.54) is 5.56 Å². The van der Waals surface area contributed by atoms with E-state index in [2.05, 4.69) is 6.07 Å². The maximum absolute atomic E-state index is 12.7. The van der Waals surface area contributed by atoms with Crippen LogP contribution in [0.2, 0.25) is 5.02 Å². The van der Waals surface area contributed by atoms with Gasteiger partial charge in [-0.2, -0.15) is 0 Å². The zero-order chi connectivity index (χ0) is 18.9. The summed E-state index contributed by atoms with van der Waals surface area (Å²) in [5.41, 5.74) is 9.36. The fourth-order valence-corrected chi connectivity index (χ4v) is 4.45. The Morgan fingerprint density at radius 1 is 1.15 bits per heavy atom. The first-order valence-electron chi connectivity index (χ1n) is 9.58. The smallest absolute Gasteiger partial charge is 0.222 e. The molecule has 2 heterocycles. The van der Waals surface area contributed by atoms with Crippen LogP contribution >= 0.6 is 11.6 Å². The minimum Gasteiger partial charge on any atom is -0.492 e. The summed E-state index contributed by atoms with van der Waals surface area (Å²) >= 11 is 6.03. The molecule has 4 rings (SSSR count). The summed E-state index contributed by atoms with van der Waals surface area (Å²) in [6, 6.07) is 14.0. The van der Waals surface area contributed by atoms with Crippen molar-refractivity contribution in [1.29, 1.82) is 0 Å². The molecule has 0 unspecified atom stereocenters. The number of fused-ring (bicyclic) bond motifs is 2. The molecule has 0 atom stereocenters. The summed E-state index contributed by atoms with van der Waals surface area (Å²) in [5, 5.41) is 0.719. The molecule has 4 nitrogen and oxygen atoms in total. The summed E-state index contributed by atoms with van der Waals surface area (Å²) in [7, 11) is 0. The van der Waals surface area contributed by atoms with E-state index in [0.29, 0.717) is 19.6 Å². The fraction of sp³-hybridized carbons (Fsp3) is 0.409. The van der Waals surface area contributed by atoms with E-state index in [4.69, 9.17) is 22.1 Å². The first kappa shape index (κ1) is 18.3. The lowest BCUT2D eigenvalue weighted by atomic mass is 9.74. The lowest BCUT2D eigenvalue weighted by molar-refractivity contribution is -0.132. The van der Waals surface area contributed by atoms with Crippen LogP contribution in [0.5, 0.6) is 5.75 Å². The monoisotopic (exact) mass is 384 g/mol. The number of nitrogens with two attached hydrogens (primary N) is 1. The molecule has 1 fully saturated rings. The summed E-state index contributed by atoms with van der Waals surface area (Å²) in [6.45, 7) is 2.81. The Kier molecular flexibility index (Phi) is 5.11. The van der Waals surface area contributed by atoms with Gasteiger partial charge in [-0.15, -0.1) is 0 Å². The number of aryl methyl sites for hydroxylation is 1. The predicted molar refractivity (Wildman–Crippen MR) is 107 cm³/mol. The molecule has 1 saturated heterocycles. The van der Waals surface area contributed by atoms with Crippen LogP contribution in [0.1, 0.15) is 36.0 Å². The van der Waals surface area contributed by atoms with E-state index in [9.17, 15) is 4.79 Å². The number of likely N-dealkylation sites (tertiary alicyclic amines) is 1. The van der Waals surface area contributed by atoms with E-state index in [1.54, 1.807) is 0 Å². The second-order valence-corrected chi connectivity index (χ2v) is 8.05. The van der Waals surface area contributed by atoms with Gasteiger partial charge in [-0.05, 0) is 48.6 Å². The molecule has 1 amide bonds. The van der Waals surface area contributed by atoms with Gasteiger partial charge in [0.2, 0.25) is 5.91 Å². The molecule has 27 heavy (non-hydrogen) atoms. The van der Waals surface area contributed by atoms with Crippen molar-refractivity contribution in [2.45, 2.75) is 37.6 Å². The lowest BCUT2D eigenvalue weighted by Crippen LogP contribution is -2.46. The molecule has 142 valence electrons. The van der Waals surface area contributed by atoms with Crippen molar-refractivity contribution in [2.24, 2.45) is 5.73 Å². The van der Waals surface area contributed by atoms with Gasteiger partial charge < -0.3 is 15.4 Å². The van der Waals surface area contributed by atoms with E-state index in [1.807, 2.05) is 41.3 Å². The highest BCUT2D eigenvalue weighted by atomic mass is 35.5. The molecule has 2 aliphatic rings. The Morgan fingerprint density at radius 2 is 1.96 bits per heavy atom. The number of carbonyl (C=O) groups excluding carboxylic acids is 1. The van der Waals surface area contributed by atoms with Gasteiger partial charge in [-0.1, -0.05) is 35.9 Å². The molecule has 2 N–H and O–H groups in total. The minimum atomic E-state index is 0.0320. The maximum atomic E-state index is 12.7. The maximum Gasteiger partial charge on any atom is 0.222 e. The Hall–Kier alpha value is -2.04. The fourth-order valence-electron chi connectivity index (χ4n) is 4.24. The molecule has 2 aromatic carbocycles. The highest BCUT2D eigenvalue weighted by Crippen LogP contribution is 2.45. The van der Waals surface area contributed by atoms with Crippen molar-refractivity contribution in [3.63, 3.8) is 0 Å². The highest BCUT2D eigenvalue weighted by Gasteiger charge is 2.43. The number of amides is 1. The van der Waals surface area contributed by atoms with Gasteiger partial charge in [-0.3, -0.25) is 4.79 Å². The molecule has 2 aromatic rings. The van der Waals surface area contributed by atoms with Crippen molar-refractivity contribution >= 4 is 17.5 Å². The SMILES string of the molecule is NCc1ccc2c(c1)C1(CCN(C(=O)CCc3cccc(Cl)c3)CC1)CO2. The number of piperidine rings is 1. The predicted octanol–water partition coefficient (Wildman–Crippen LogP) is 3.68. The Balaban J connectivity index is 1.38. The number of ether oxygens (including phenoxy) is 1. The average molecular weight is 385 g/mol. The van der Waals surface area contributed by atoms with Crippen molar-refractivity contribution in [3.8, 4) is 5.75 Å². The molecular weight excluding hydrogens is 360 g/mol. The zero-order valence-electron chi connectivity index (χ0n) is 15.4. The largest absolute Gasteiger partial charge is 0.492 e. The van der Waals surface area contributed by atoms with E-state index >= 15 is 0 Å². The summed E-state index contributed by atoms with van der Waals surface area (Å²) < 4.78 is 5.95. The van der Waals surface area contributed by atoms with Gasteiger partial charge >= 0.3 is 0 Å². The van der Waals surface area contributed by atoms with Gasteiger partial charge in [0.1, 0.15) is 5.75 Å². The second-order valence-electron chi connectivity index (χ2n) is 7.61. The molecular formula is C22H25ClN2O2. The second kappa shape index (κ2) is 7.53. The zero-order valence-corrected chi connectivity index (χ0v) is 16.2. The van der Waals surface area contributed by atoms with Crippen molar-refractivity contribution < 1.29 is 9.53 Å². The van der Waals surface area contributed by atoms with E-state index in [-0.39, 0.29) is 11.3 Å². The third kappa shape index (κ3) is 3.69. The van der Waals surface area contributed by atoms with Crippen LogP contribution in [0.4, 0.5) is 0 Å². The topological polar surface area (TPSA) is 55.6 Å². The third-order valence-electron chi connectivity index (χ3n) is 5.94. The molecule has 0 bridgehead atoms. The van der Waals surface area contributed by atoms with Crippen LogP contribution in [0.15, 0.2) is 42.5 Å². The molecule has 5 heteroatoms. The van der Waals surface area contributed by atoms with Gasteiger partial charge in [0.05, 0.1) is 6.61 Å². The standard InChI is InChI=1S/C22H25ClN2O2/c23-18-3-1-2-16(12-18)5-7-21(26)25-10-8-22(9-11-25)15-27-20-6-4-17(14-24)13-19(20)22/h1-4,6,12-13H,5,7-11,14-15,24H2. The van der Waals surface area contributed by atoms with Gasteiger partial charge in [0, 0.05) is 42.1 Å². The number of nitrogens with zero attached hydrogens (tertiary/aromatic N) is 1. The van der Waals surface area contributed by atoms with E-state index < -0.39 is 0 Å². The van der Waals surface area contributed by atoms with Crippen LogP contribution in [0, 0.1) is 0 Å². The number of halogens is 1. The highest BCUT2D eigenvalue weighted by molar-refractivity contribution is 6.30. The van der Waals surface area contributed by atoms with E-state index in [0.717, 1.165) is 54.3 Å². The van der Waals surface area contributed by atoms with Gasteiger partial charge in [0.25, 0.3) is 0 Å². The lowest BCUT2D eigenvalue weighted by Gasteiger charge is -2.38. The molecule has 0 radical (unpaired) electrons. The Bertz CT molecular complexity index is 844. The van der Waals surface area contributed by atoms with Gasteiger partial charge in [0.15, 0.2) is 0 Å². The van der Waals surface area contributed by atoms with Crippen molar-refractivity contribution in [1.82, 2.24) is 4.90 Å². The van der Waals surface area contributed by atoms with Crippen LogP contribution in [-0.2, 0) is 23.2 Å². The number of carbonyl (C=O) groups is 1. The molecule has 1 spiro atoms. The Morgan fingerprint density at radius 3 is 2.70 bits per heavy atom. The first-order valence-corrected chi connectivity index (χ1v) is 9.96. The first-order chi connectivity index (χ1) is 13.1. The normalized spacial score (nSPS) is 17.6. The number of rotatable bonds is 4. The summed E-state index contributed by atoms with van der Waals surface area (Å²) in [6.07, 6.45) is 3.14. The van der Waals surface area contributed by atoms with Crippen LogP contribution in [0.3, 0.4) is 0 Å². The number of hydrogen-bond donors (Lipinski definition) is 1. The van der Waals surface area contributed by atoms with Crippen molar-refractivity contribution in [3.05, 3.63) is 64.2 Å². The van der Waals surface area contributed by atoms with Crippen LogP contribution in [-0.4, -0.2) is 30.5 Å². The summed E-state index contributed by atoms with van der Waals surface area (Å²) in [5.74, 6) is 1.20.